The van der Waals surface area contributed by atoms with Crippen LogP contribution in [0.3, 0.4) is 0 Å². The zero-order chi connectivity index (χ0) is 13.8. The van der Waals surface area contributed by atoms with Crippen molar-refractivity contribution in [3.8, 4) is 0 Å². The monoisotopic (exact) mass is 259 g/mol. The maximum atomic E-state index is 11.3. The Labute approximate surface area is 111 Å². The second-order valence-corrected chi connectivity index (χ2v) is 4.43. The third-order valence-electron chi connectivity index (χ3n) is 3.08. The van der Waals surface area contributed by atoms with Gasteiger partial charge in [0.15, 0.2) is 0 Å². The van der Waals surface area contributed by atoms with E-state index in [1.807, 2.05) is 26.0 Å². The van der Waals surface area contributed by atoms with E-state index in [1.165, 1.54) is 0 Å². The standard InChI is InChI=1S/C14H17N3O2/c1-9-13(10(2)19-17-9)8-16-7-11-5-3-4-6-12(11)14(15)18/h3-6,16H,7-8H2,1-2H3,(H2,15,18). The first-order valence-electron chi connectivity index (χ1n) is 6.09. The maximum Gasteiger partial charge on any atom is 0.249 e. The lowest BCUT2D eigenvalue weighted by Gasteiger charge is -2.08. The Morgan fingerprint density at radius 1 is 1.32 bits per heavy atom. The van der Waals surface area contributed by atoms with Crippen molar-refractivity contribution in [1.82, 2.24) is 10.5 Å². The summed E-state index contributed by atoms with van der Waals surface area (Å²) in [5, 5.41) is 7.17. The summed E-state index contributed by atoms with van der Waals surface area (Å²) in [6.45, 7) is 5.01. The van der Waals surface area contributed by atoms with Gasteiger partial charge in [-0.1, -0.05) is 23.4 Å². The Morgan fingerprint density at radius 2 is 2.05 bits per heavy atom. The molecule has 19 heavy (non-hydrogen) atoms. The fourth-order valence-electron chi connectivity index (χ4n) is 1.99. The third kappa shape index (κ3) is 3.00. The van der Waals surface area contributed by atoms with E-state index in [1.54, 1.807) is 12.1 Å². The van der Waals surface area contributed by atoms with E-state index in [0.717, 1.165) is 22.6 Å². The van der Waals surface area contributed by atoms with Gasteiger partial charge in [-0.2, -0.15) is 0 Å². The molecule has 2 rings (SSSR count). The predicted molar refractivity (Wildman–Crippen MR) is 71.5 cm³/mol. The molecule has 0 aliphatic carbocycles. The Morgan fingerprint density at radius 3 is 2.68 bits per heavy atom. The molecule has 5 heteroatoms. The van der Waals surface area contributed by atoms with Crippen molar-refractivity contribution in [1.29, 1.82) is 0 Å². The van der Waals surface area contributed by atoms with Crippen molar-refractivity contribution in [2.24, 2.45) is 5.73 Å². The number of aryl methyl sites for hydroxylation is 2. The van der Waals surface area contributed by atoms with Crippen LogP contribution in [0.1, 0.15) is 32.9 Å². The molecule has 0 aliphatic rings. The van der Waals surface area contributed by atoms with Gasteiger partial charge in [0.1, 0.15) is 5.76 Å². The highest BCUT2D eigenvalue weighted by molar-refractivity contribution is 5.94. The third-order valence-corrected chi connectivity index (χ3v) is 3.08. The van der Waals surface area contributed by atoms with Crippen molar-refractivity contribution in [3.63, 3.8) is 0 Å². The van der Waals surface area contributed by atoms with Gasteiger partial charge < -0.3 is 15.6 Å². The number of benzene rings is 1. The highest BCUT2D eigenvalue weighted by Crippen LogP contribution is 2.12. The van der Waals surface area contributed by atoms with Crippen molar-refractivity contribution < 1.29 is 9.32 Å². The first kappa shape index (κ1) is 13.3. The minimum atomic E-state index is -0.408. The number of carbonyl (C=O) groups excluding carboxylic acids is 1. The molecule has 0 aliphatic heterocycles. The molecule has 0 radical (unpaired) electrons. The molecule has 5 nitrogen and oxygen atoms in total. The topological polar surface area (TPSA) is 81.2 Å². The Hall–Kier alpha value is -2.14. The van der Waals surface area contributed by atoms with Crippen LogP contribution in [0, 0.1) is 13.8 Å². The number of rotatable bonds is 5. The van der Waals surface area contributed by atoms with Gasteiger partial charge in [-0.05, 0) is 25.5 Å². The smallest absolute Gasteiger partial charge is 0.249 e. The van der Waals surface area contributed by atoms with Gasteiger partial charge in [0, 0.05) is 24.2 Å². The van der Waals surface area contributed by atoms with Crippen molar-refractivity contribution >= 4 is 5.91 Å². The fraction of sp³-hybridized carbons (Fsp3) is 0.286. The van der Waals surface area contributed by atoms with Crippen LogP contribution in [0.25, 0.3) is 0 Å². The van der Waals surface area contributed by atoms with E-state index in [9.17, 15) is 4.79 Å². The Balaban J connectivity index is 2.02. The number of nitrogens with zero attached hydrogens (tertiary/aromatic N) is 1. The highest BCUT2D eigenvalue weighted by atomic mass is 16.5. The normalized spacial score (nSPS) is 10.6. The molecular formula is C14H17N3O2. The average Bonchev–Trinajstić information content (AvgIpc) is 2.70. The summed E-state index contributed by atoms with van der Waals surface area (Å²) in [6, 6.07) is 7.31. The van der Waals surface area contributed by atoms with Crippen LogP contribution in [0.5, 0.6) is 0 Å². The van der Waals surface area contributed by atoms with Crippen LogP contribution < -0.4 is 11.1 Å². The van der Waals surface area contributed by atoms with E-state index in [0.29, 0.717) is 18.7 Å². The second-order valence-electron chi connectivity index (χ2n) is 4.43. The van der Waals surface area contributed by atoms with Gasteiger partial charge in [0.25, 0.3) is 0 Å². The summed E-state index contributed by atoms with van der Waals surface area (Å²) < 4.78 is 5.10. The molecule has 1 aromatic carbocycles. The Kier molecular flexibility index (Phi) is 3.97. The summed E-state index contributed by atoms with van der Waals surface area (Å²) in [6.07, 6.45) is 0. The SMILES string of the molecule is Cc1noc(C)c1CNCc1ccccc1C(N)=O. The molecule has 1 aromatic heterocycles. The van der Waals surface area contributed by atoms with Gasteiger partial charge in [-0.15, -0.1) is 0 Å². The van der Waals surface area contributed by atoms with E-state index >= 15 is 0 Å². The summed E-state index contributed by atoms with van der Waals surface area (Å²) >= 11 is 0. The molecule has 0 fully saturated rings. The molecule has 0 saturated heterocycles. The number of aromatic nitrogens is 1. The van der Waals surface area contributed by atoms with Crippen LogP contribution >= 0.6 is 0 Å². The van der Waals surface area contributed by atoms with Crippen LogP contribution in [-0.4, -0.2) is 11.1 Å². The van der Waals surface area contributed by atoms with E-state index in [4.69, 9.17) is 10.3 Å². The number of nitrogens with two attached hydrogens (primary N) is 1. The molecule has 0 bridgehead atoms. The minimum absolute atomic E-state index is 0.408. The molecule has 1 amide bonds. The number of primary amides is 1. The zero-order valence-corrected chi connectivity index (χ0v) is 11.1. The van der Waals surface area contributed by atoms with Gasteiger partial charge in [0.05, 0.1) is 5.69 Å². The van der Waals surface area contributed by atoms with Gasteiger partial charge in [-0.3, -0.25) is 4.79 Å². The molecule has 0 unspecified atom stereocenters. The molecule has 2 aromatic rings. The maximum absolute atomic E-state index is 11.3. The molecule has 0 spiro atoms. The molecule has 0 saturated carbocycles. The fourth-order valence-corrected chi connectivity index (χ4v) is 1.99. The number of amides is 1. The lowest BCUT2D eigenvalue weighted by Crippen LogP contribution is -2.19. The highest BCUT2D eigenvalue weighted by Gasteiger charge is 2.10. The largest absolute Gasteiger partial charge is 0.366 e. The lowest BCUT2D eigenvalue weighted by molar-refractivity contribution is 0.0999. The summed E-state index contributed by atoms with van der Waals surface area (Å²) in [7, 11) is 0. The average molecular weight is 259 g/mol. The van der Waals surface area contributed by atoms with E-state index < -0.39 is 5.91 Å². The number of hydrogen-bond donors (Lipinski definition) is 2. The number of carbonyl (C=O) groups is 1. The van der Waals surface area contributed by atoms with Crippen molar-refractivity contribution in [2.45, 2.75) is 26.9 Å². The van der Waals surface area contributed by atoms with Crippen LogP contribution in [0.2, 0.25) is 0 Å². The predicted octanol–water partition coefficient (Wildman–Crippen LogP) is 1.68. The van der Waals surface area contributed by atoms with E-state index in [-0.39, 0.29) is 0 Å². The number of nitrogens with one attached hydrogen (secondary N) is 1. The molecule has 100 valence electrons. The van der Waals surface area contributed by atoms with Gasteiger partial charge >= 0.3 is 0 Å². The van der Waals surface area contributed by atoms with E-state index in [2.05, 4.69) is 10.5 Å². The zero-order valence-electron chi connectivity index (χ0n) is 11.1. The molecular weight excluding hydrogens is 242 g/mol. The van der Waals surface area contributed by atoms with Crippen LogP contribution in [0.4, 0.5) is 0 Å². The second kappa shape index (κ2) is 5.67. The molecule has 0 atom stereocenters. The quantitative estimate of drug-likeness (QED) is 0.856. The molecule has 1 heterocycles. The van der Waals surface area contributed by atoms with Crippen molar-refractivity contribution in [2.75, 3.05) is 0 Å². The Bertz CT molecular complexity index is 571. The molecule has 3 N–H and O–H groups in total. The first-order chi connectivity index (χ1) is 9.09. The van der Waals surface area contributed by atoms with Gasteiger partial charge in [-0.25, -0.2) is 0 Å². The van der Waals surface area contributed by atoms with Gasteiger partial charge in [0.2, 0.25) is 5.91 Å². The number of hydrogen-bond acceptors (Lipinski definition) is 4. The summed E-state index contributed by atoms with van der Waals surface area (Å²) in [5.74, 6) is 0.405. The summed E-state index contributed by atoms with van der Waals surface area (Å²) in [5.41, 5.74) is 8.71. The first-order valence-corrected chi connectivity index (χ1v) is 6.09. The summed E-state index contributed by atoms with van der Waals surface area (Å²) in [4.78, 5) is 11.3. The lowest BCUT2D eigenvalue weighted by atomic mass is 10.1. The van der Waals surface area contributed by atoms with Crippen LogP contribution in [0.15, 0.2) is 28.8 Å². The van der Waals surface area contributed by atoms with Crippen molar-refractivity contribution in [3.05, 3.63) is 52.4 Å². The van der Waals surface area contributed by atoms with Crippen LogP contribution in [-0.2, 0) is 13.1 Å². The minimum Gasteiger partial charge on any atom is -0.366 e.